The van der Waals surface area contributed by atoms with Gasteiger partial charge in [0.05, 0.1) is 0 Å². The van der Waals surface area contributed by atoms with Crippen molar-refractivity contribution in [2.24, 2.45) is 5.41 Å². The average molecular weight is 202 g/mol. The molecule has 0 saturated heterocycles. The third-order valence-electron chi connectivity index (χ3n) is 3.40. The van der Waals surface area contributed by atoms with Crippen molar-refractivity contribution in [2.45, 2.75) is 39.0 Å². The van der Waals surface area contributed by atoms with Crippen molar-refractivity contribution < 1.29 is 4.79 Å². The number of carbonyl (C=O) groups excluding carboxylic acids is 1. The molecule has 0 aliphatic heterocycles. The molecule has 1 aliphatic carbocycles. The molecule has 1 atom stereocenters. The summed E-state index contributed by atoms with van der Waals surface area (Å²) in [6, 6.07) is 10.2. The summed E-state index contributed by atoms with van der Waals surface area (Å²) in [6.45, 7) is 4.52. The summed E-state index contributed by atoms with van der Waals surface area (Å²) in [4.78, 5) is 11.9. The second-order valence-electron chi connectivity index (χ2n) is 5.30. The lowest BCUT2D eigenvalue weighted by atomic mass is 9.69. The van der Waals surface area contributed by atoms with Gasteiger partial charge in [-0.15, -0.1) is 0 Å². The molecule has 0 unspecified atom stereocenters. The van der Waals surface area contributed by atoms with E-state index in [0.29, 0.717) is 11.2 Å². The molecule has 0 aromatic heterocycles. The van der Waals surface area contributed by atoms with Gasteiger partial charge in [0.25, 0.3) is 0 Å². The van der Waals surface area contributed by atoms with Gasteiger partial charge < -0.3 is 0 Å². The molecule has 1 heteroatoms. The van der Waals surface area contributed by atoms with Crippen molar-refractivity contribution in [2.75, 3.05) is 0 Å². The van der Waals surface area contributed by atoms with E-state index < -0.39 is 0 Å². The molecule has 0 radical (unpaired) electrons. The Hall–Kier alpha value is -1.11. The monoisotopic (exact) mass is 202 g/mol. The predicted molar refractivity (Wildman–Crippen MR) is 61.8 cm³/mol. The van der Waals surface area contributed by atoms with Crippen LogP contribution < -0.4 is 0 Å². The molecule has 1 nitrogen and oxygen atoms in total. The predicted octanol–water partition coefficient (Wildman–Crippen LogP) is 3.55. The maximum atomic E-state index is 11.9. The summed E-state index contributed by atoms with van der Waals surface area (Å²) in [6.07, 6.45) is 2.78. The summed E-state index contributed by atoms with van der Waals surface area (Å²) in [5.74, 6) is 0.551. The van der Waals surface area contributed by atoms with Crippen molar-refractivity contribution in [3.63, 3.8) is 0 Å². The van der Waals surface area contributed by atoms with Gasteiger partial charge in [-0.05, 0) is 23.8 Å². The summed E-state index contributed by atoms with van der Waals surface area (Å²) in [7, 11) is 0. The molecule has 0 bridgehead atoms. The maximum Gasteiger partial charge on any atom is 0.140 e. The van der Waals surface area contributed by atoms with Gasteiger partial charge in [-0.3, -0.25) is 4.79 Å². The Kier molecular flexibility index (Phi) is 2.64. The van der Waals surface area contributed by atoms with Gasteiger partial charge >= 0.3 is 0 Å². The van der Waals surface area contributed by atoms with Gasteiger partial charge in [0, 0.05) is 12.3 Å². The van der Waals surface area contributed by atoms with Crippen LogP contribution in [0, 0.1) is 5.41 Å². The van der Waals surface area contributed by atoms with Crippen molar-refractivity contribution in [1.82, 2.24) is 0 Å². The largest absolute Gasteiger partial charge is 0.299 e. The molecule has 80 valence electrons. The fraction of sp³-hybridized carbons (Fsp3) is 0.500. The molecule has 1 fully saturated rings. The van der Waals surface area contributed by atoms with Gasteiger partial charge in [-0.1, -0.05) is 44.2 Å². The lowest BCUT2D eigenvalue weighted by Crippen LogP contribution is -2.28. The van der Waals surface area contributed by atoms with E-state index >= 15 is 0 Å². The number of benzene rings is 1. The van der Waals surface area contributed by atoms with E-state index in [1.54, 1.807) is 0 Å². The highest BCUT2D eigenvalue weighted by Gasteiger charge is 2.34. The Balaban J connectivity index is 2.24. The number of carbonyl (C=O) groups is 1. The lowest BCUT2D eigenvalue weighted by Gasteiger charge is -2.34. The normalized spacial score (nSPS) is 25.2. The Morgan fingerprint density at radius 2 is 1.87 bits per heavy atom. The topological polar surface area (TPSA) is 17.1 Å². The van der Waals surface area contributed by atoms with Crippen molar-refractivity contribution >= 4 is 5.78 Å². The molecule has 1 aromatic rings. The van der Waals surface area contributed by atoms with E-state index in [1.165, 1.54) is 5.56 Å². The number of hydrogen-bond acceptors (Lipinski definition) is 1. The standard InChI is InChI=1S/C14H18O/c1-14(2)9-8-13(15)12(10-14)11-6-4-3-5-7-11/h3-7,12H,8-10H2,1-2H3/t12-/m0/s1. The van der Waals surface area contributed by atoms with Crippen LogP contribution in [0.25, 0.3) is 0 Å². The van der Waals surface area contributed by atoms with Crippen LogP contribution in [0.5, 0.6) is 0 Å². The molecule has 0 heterocycles. The number of ketones is 1. The molecule has 0 amide bonds. The summed E-state index contributed by atoms with van der Waals surface area (Å²) < 4.78 is 0. The third-order valence-corrected chi connectivity index (χ3v) is 3.40. The Morgan fingerprint density at radius 3 is 2.53 bits per heavy atom. The molecule has 1 aromatic carbocycles. The van der Waals surface area contributed by atoms with Crippen LogP contribution in [0.4, 0.5) is 0 Å². The third kappa shape index (κ3) is 2.28. The van der Waals surface area contributed by atoms with Gasteiger partial charge in [0.1, 0.15) is 5.78 Å². The second kappa shape index (κ2) is 3.80. The summed E-state index contributed by atoms with van der Waals surface area (Å²) >= 11 is 0. The zero-order valence-corrected chi connectivity index (χ0v) is 9.49. The molecular formula is C14H18O. The van der Waals surface area contributed by atoms with Crippen molar-refractivity contribution in [3.05, 3.63) is 35.9 Å². The first-order valence-corrected chi connectivity index (χ1v) is 5.66. The van der Waals surface area contributed by atoms with Crippen molar-refractivity contribution in [3.8, 4) is 0 Å². The molecule has 15 heavy (non-hydrogen) atoms. The van der Waals surface area contributed by atoms with E-state index in [1.807, 2.05) is 18.2 Å². The number of rotatable bonds is 1. The molecule has 0 N–H and O–H groups in total. The smallest absolute Gasteiger partial charge is 0.140 e. The SMILES string of the molecule is CC1(C)CCC(=O)[C@H](c2ccccc2)C1. The van der Waals surface area contributed by atoms with Gasteiger partial charge in [0.2, 0.25) is 0 Å². The zero-order chi connectivity index (χ0) is 10.9. The summed E-state index contributed by atoms with van der Waals surface area (Å²) in [5, 5.41) is 0. The van der Waals surface area contributed by atoms with E-state index in [0.717, 1.165) is 19.3 Å². The number of hydrogen-bond donors (Lipinski definition) is 0. The lowest BCUT2D eigenvalue weighted by molar-refractivity contribution is -0.123. The second-order valence-corrected chi connectivity index (χ2v) is 5.30. The van der Waals surface area contributed by atoms with Gasteiger partial charge in [-0.25, -0.2) is 0 Å². The molecule has 1 saturated carbocycles. The number of Topliss-reactive ketones (excluding diaryl/α,β-unsaturated/α-hetero) is 1. The molecule has 0 spiro atoms. The quantitative estimate of drug-likeness (QED) is 0.680. The van der Waals surface area contributed by atoms with Crippen LogP contribution in [0.1, 0.15) is 44.6 Å². The van der Waals surface area contributed by atoms with Crippen LogP contribution in [0.2, 0.25) is 0 Å². The summed E-state index contributed by atoms with van der Waals surface area (Å²) in [5.41, 5.74) is 1.50. The molecule has 2 rings (SSSR count). The Morgan fingerprint density at radius 1 is 1.20 bits per heavy atom. The molecular weight excluding hydrogens is 184 g/mol. The van der Waals surface area contributed by atoms with Crippen LogP contribution in [0.3, 0.4) is 0 Å². The highest BCUT2D eigenvalue weighted by atomic mass is 16.1. The fourth-order valence-corrected chi connectivity index (χ4v) is 2.39. The Bertz CT molecular complexity index is 351. The maximum absolute atomic E-state index is 11.9. The zero-order valence-electron chi connectivity index (χ0n) is 9.49. The van der Waals surface area contributed by atoms with E-state index in [-0.39, 0.29) is 5.92 Å². The first kappa shape index (κ1) is 10.4. The van der Waals surface area contributed by atoms with Crippen LogP contribution in [-0.2, 0) is 4.79 Å². The van der Waals surface area contributed by atoms with E-state index in [4.69, 9.17) is 0 Å². The Labute approximate surface area is 91.5 Å². The first-order valence-electron chi connectivity index (χ1n) is 5.66. The van der Waals surface area contributed by atoms with Crippen LogP contribution in [-0.4, -0.2) is 5.78 Å². The van der Waals surface area contributed by atoms with Crippen LogP contribution >= 0.6 is 0 Å². The minimum atomic E-state index is 0.134. The van der Waals surface area contributed by atoms with E-state index in [2.05, 4.69) is 26.0 Å². The van der Waals surface area contributed by atoms with Gasteiger partial charge in [-0.2, -0.15) is 0 Å². The highest BCUT2D eigenvalue weighted by Crippen LogP contribution is 2.41. The highest BCUT2D eigenvalue weighted by molar-refractivity contribution is 5.86. The fourth-order valence-electron chi connectivity index (χ4n) is 2.39. The van der Waals surface area contributed by atoms with Crippen molar-refractivity contribution in [1.29, 1.82) is 0 Å². The minimum absolute atomic E-state index is 0.134. The average Bonchev–Trinajstić information content (AvgIpc) is 2.23. The molecule has 1 aliphatic rings. The van der Waals surface area contributed by atoms with E-state index in [9.17, 15) is 4.79 Å². The first-order chi connectivity index (χ1) is 7.08. The van der Waals surface area contributed by atoms with Crippen LogP contribution in [0.15, 0.2) is 30.3 Å². The minimum Gasteiger partial charge on any atom is -0.299 e. The van der Waals surface area contributed by atoms with Gasteiger partial charge in [0.15, 0.2) is 0 Å².